The number of aromatic nitrogens is 1. The zero-order valence-corrected chi connectivity index (χ0v) is 11.3. The summed E-state index contributed by atoms with van der Waals surface area (Å²) in [7, 11) is 0. The molecule has 0 aromatic carbocycles. The molecule has 1 heterocycles. The van der Waals surface area contributed by atoms with E-state index in [4.69, 9.17) is 0 Å². The maximum atomic E-state index is 12.4. The van der Waals surface area contributed by atoms with Crippen molar-refractivity contribution in [1.29, 1.82) is 0 Å². The normalized spacial score (nSPS) is 15.4. The van der Waals surface area contributed by atoms with E-state index in [2.05, 4.69) is 10.3 Å². The van der Waals surface area contributed by atoms with Gasteiger partial charge in [-0.05, 0) is 31.4 Å². The molecule has 0 atom stereocenters. The lowest BCUT2D eigenvalue weighted by Gasteiger charge is -2.12. The summed E-state index contributed by atoms with van der Waals surface area (Å²) in [6, 6.07) is 3.51. The number of carbonyl (C=O) groups excluding carboxylic acids is 2. The Kier molecular flexibility index (Phi) is 4.66. The van der Waals surface area contributed by atoms with E-state index < -0.39 is 0 Å². The van der Waals surface area contributed by atoms with Crippen LogP contribution in [0.25, 0.3) is 0 Å². The molecular weight excluding hydrogens is 240 g/mol. The average Bonchev–Trinajstić information content (AvgIpc) is 2.93. The number of rotatable bonds is 5. The molecule has 4 heteroatoms. The van der Waals surface area contributed by atoms with Gasteiger partial charge in [0.05, 0.1) is 5.56 Å². The van der Waals surface area contributed by atoms with Gasteiger partial charge < -0.3 is 5.32 Å². The van der Waals surface area contributed by atoms with Crippen molar-refractivity contribution in [1.82, 2.24) is 4.98 Å². The highest BCUT2D eigenvalue weighted by molar-refractivity contribution is 6.04. The minimum atomic E-state index is -0.0818. The molecule has 1 fully saturated rings. The van der Waals surface area contributed by atoms with E-state index in [0.29, 0.717) is 17.8 Å². The van der Waals surface area contributed by atoms with Gasteiger partial charge in [0, 0.05) is 18.5 Å². The third kappa shape index (κ3) is 3.40. The van der Waals surface area contributed by atoms with Crippen LogP contribution in [0.15, 0.2) is 18.3 Å². The Morgan fingerprint density at radius 1 is 1.37 bits per heavy atom. The Morgan fingerprint density at radius 2 is 2.11 bits per heavy atom. The fourth-order valence-corrected chi connectivity index (χ4v) is 2.53. The highest BCUT2D eigenvalue weighted by Gasteiger charge is 2.26. The molecule has 102 valence electrons. The monoisotopic (exact) mass is 260 g/mol. The molecule has 1 aliphatic rings. The topological polar surface area (TPSA) is 59.1 Å². The Bertz CT molecular complexity index is 465. The lowest BCUT2D eigenvalue weighted by molar-refractivity contribution is -0.116. The first-order valence-corrected chi connectivity index (χ1v) is 7.01. The van der Waals surface area contributed by atoms with Crippen LogP contribution in [0, 0.1) is 5.92 Å². The van der Waals surface area contributed by atoms with Crippen molar-refractivity contribution >= 4 is 17.5 Å². The number of Topliss-reactive ketones (excluding diaryl/α,β-unsaturated/α-hetero) is 1. The third-order valence-corrected chi connectivity index (χ3v) is 3.53. The molecule has 1 aromatic heterocycles. The standard InChI is InChI=1S/C15H20N2O2/c1-2-6-13(18)17-15-12(9-5-10-16-15)14(19)11-7-3-4-8-11/h5,9-11H,2-4,6-8H2,1H3,(H,16,17,18). The molecule has 19 heavy (non-hydrogen) atoms. The first-order chi connectivity index (χ1) is 9.22. The second-order valence-corrected chi connectivity index (χ2v) is 5.04. The lowest BCUT2D eigenvalue weighted by Crippen LogP contribution is -2.18. The predicted molar refractivity (Wildman–Crippen MR) is 74.1 cm³/mol. The van der Waals surface area contributed by atoms with E-state index in [1.54, 1.807) is 18.3 Å². The molecule has 0 spiro atoms. The summed E-state index contributed by atoms with van der Waals surface area (Å²) in [5.74, 6) is 0.558. The first-order valence-electron chi connectivity index (χ1n) is 7.01. The zero-order chi connectivity index (χ0) is 13.7. The summed E-state index contributed by atoms with van der Waals surface area (Å²) in [6.07, 6.45) is 6.99. The van der Waals surface area contributed by atoms with Crippen LogP contribution in [0.2, 0.25) is 0 Å². The summed E-state index contributed by atoms with van der Waals surface area (Å²) in [5, 5.41) is 2.74. The van der Waals surface area contributed by atoms with Crippen LogP contribution in [0.5, 0.6) is 0 Å². The fourth-order valence-electron chi connectivity index (χ4n) is 2.53. The number of amides is 1. The quantitative estimate of drug-likeness (QED) is 0.827. The smallest absolute Gasteiger partial charge is 0.225 e. The molecule has 1 aliphatic carbocycles. The summed E-state index contributed by atoms with van der Waals surface area (Å²) in [5.41, 5.74) is 0.554. The largest absolute Gasteiger partial charge is 0.310 e. The number of nitrogens with one attached hydrogen (secondary N) is 1. The summed E-state index contributed by atoms with van der Waals surface area (Å²) in [4.78, 5) is 28.2. The van der Waals surface area contributed by atoms with E-state index in [-0.39, 0.29) is 17.6 Å². The Morgan fingerprint density at radius 3 is 2.79 bits per heavy atom. The number of hydrogen-bond donors (Lipinski definition) is 1. The van der Waals surface area contributed by atoms with Crippen molar-refractivity contribution in [3.8, 4) is 0 Å². The van der Waals surface area contributed by atoms with Gasteiger partial charge in [-0.25, -0.2) is 4.98 Å². The Labute approximate surface area is 113 Å². The zero-order valence-electron chi connectivity index (χ0n) is 11.3. The van der Waals surface area contributed by atoms with Crippen LogP contribution < -0.4 is 5.32 Å². The molecule has 1 amide bonds. The summed E-state index contributed by atoms with van der Waals surface area (Å²) in [6.45, 7) is 1.95. The Hall–Kier alpha value is -1.71. The van der Waals surface area contributed by atoms with E-state index in [0.717, 1.165) is 32.1 Å². The average molecular weight is 260 g/mol. The second-order valence-electron chi connectivity index (χ2n) is 5.04. The SMILES string of the molecule is CCCC(=O)Nc1ncccc1C(=O)C1CCCC1. The van der Waals surface area contributed by atoms with Crippen molar-refractivity contribution in [2.24, 2.45) is 5.92 Å². The van der Waals surface area contributed by atoms with Crippen molar-refractivity contribution in [3.63, 3.8) is 0 Å². The molecule has 0 unspecified atom stereocenters. The molecule has 0 radical (unpaired) electrons. The van der Waals surface area contributed by atoms with Crippen LogP contribution in [-0.4, -0.2) is 16.7 Å². The van der Waals surface area contributed by atoms with Gasteiger partial charge in [-0.1, -0.05) is 19.8 Å². The van der Waals surface area contributed by atoms with Crippen molar-refractivity contribution < 1.29 is 9.59 Å². The van der Waals surface area contributed by atoms with Gasteiger partial charge in [-0.3, -0.25) is 9.59 Å². The number of nitrogens with zero attached hydrogens (tertiary/aromatic N) is 1. The third-order valence-electron chi connectivity index (χ3n) is 3.53. The van der Waals surface area contributed by atoms with Crippen LogP contribution in [0.3, 0.4) is 0 Å². The van der Waals surface area contributed by atoms with E-state index in [1.807, 2.05) is 6.92 Å². The molecule has 4 nitrogen and oxygen atoms in total. The first kappa shape index (κ1) is 13.7. The summed E-state index contributed by atoms with van der Waals surface area (Å²) >= 11 is 0. The number of carbonyl (C=O) groups is 2. The molecule has 2 rings (SSSR count). The van der Waals surface area contributed by atoms with Gasteiger partial charge in [-0.15, -0.1) is 0 Å². The minimum absolute atomic E-state index is 0.0818. The highest BCUT2D eigenvalue weighted by atomic mass is 16.1. The molecule has 0 aliphatic heterocycles. The van der Waals surface area contributed by atoms with Crippen molar-refractivity contribution in [3.05, 3.63) is 23.9 Å². The van der Waals surface area contributed by atoms with Crippen LogP contribution in [0.4, 0.5) is 5.82 Å². The van der Waals surface area contributed by atoms with Gasteiger partial charge in [0.25, 0.3) is 0 Å². The lowest BCUT2D eigenvalue weighted by atomic mass is 9.96. The molecular formula is C15H20N2O2. The highest BCUT2D eigenvalue weighted by Crippen LogP contribution is 2.29. The van der Waals surface area contributed by atoms with E-state index in [9.17, 15) is 9.59 Å². The van der Waals surface area contributed by atoms with Gasteiger partial charge in [0.2, 0.25) is 5.91 Å². The van der Waals surface area contributed by atoms with Crippen LogP contribution in [0.1, 0.15) is 55.8 Å². The van der Waals surface area contributed by atoms with E-state index >= 15 is 0 Å². The van der Waals surface area contributed by atoms with Gasteiger partial charge in [-0.2, -0.15) is 0 Å². The van der Waals surface area contributed by atoms with Gasteiger partial charge >= 0.3 is 0 Å². The van der Waals surface area contributed by atoms with Crippen LogP contribution in [-0.2, 0) is 4.79 Å². The second kappa shape index (κ2) is 6.45. The molecule has 1 N–H and O–H groups in total. The predicted octanol–water partition coefficient (Wildman–Crippen LogP) is 3.19. The van der Waals surface area contributed by atoms with Crippen molar-refractivity contribution in [2.45, 2.75) is 45.4 Å². The molecule has 1 saturated carbocycles. The van der Waals surface area contributed by atoms with Gasteiger partial charge in [0.15, 0.2) is 5.78 Å². The number of pyridine rings is 1. The molecule has 0 bridgehead atoms. The molecule has 1 aromatic rings. The summed E-state index contributed by atoms with van der Waals surface area (Å²) < 4.78 is 0. The Balaban J connectivity index is 2.15. The number of anilines is 1. The fraction of sp³-hybridized carbons (Fsp3) is 0.533. The number of ketones is 1. The molecule has 0 saturated heterocycles. The van der Waals surface area contributed by atoms with Crippen molar-refractivity contribution in [2.75, 3.05) is 5.32 Å². The minimum Gasteiger partial charge on any atom is -0.310 e. The number of hydrogen-bond acceptors (Lipinski definition) is 3. The maximum Gasteiger partial charge on any atom is 0.225 e. The van der Waals surface area contributed by atoms with E-state index in [1.165, 1.54) is 0 Å². The van der Waals surface area contributed by atoms with Crippen LogP contribution >= 0.6 is 0 Å². The maximum absolute atomic E-state index is 12.4. The van der Waals surface area contributed by atoms with Gasteiger partial charge in [0.1, 0.15) is 5.82 Å².